The normalized spacial score (nSPS) is 30.6. The molecule has 0 bridgehead atoms. The van der Waals surface area contributed by atoms with Gasteiger partial charge in [0.1, 0.15) is 4.08 Å². The first-order chi connectivity index (χ1) is 7.72. The van der Waals surface area contributed by atoms with Crippen LogP contribution in [0.5, 0.6) is 0 Å². The molecule has 1 saturated heterocycles. The van der Waals surface area contributed by atoms with Crippen molar-refractivity contribution < 1.29 is 9.90 Å². The lowest BCUT2D eigenvalue weighted by molar-refractivity contribution is -0.117. The van der Waals surface area contributed by atoms with Gasteiger partial charge in [0.2, 0.25) is 0 Å². The number of hydrogen-bond donors (Lipinski definition) is 1. The zero-order valence-corrected chi connectivity index (χ0v) is 11.0. The summed E-state index contributed by atoms with van der Waals surface area (Å²) < 4.78 is -0.181. The molecule has 1 aliphatic carbocycles. The molecule has 2 aliphatic rings. The molecular formula is C12H18O2S2. The van der Waals surface area contributed by atoms with Gasteiger partial charge in [0.15, 0.2) is 5.78 Å². The number of Topliss-reactive ketones (excluding diaryl/α,β-unsaturated/α-hetero) is 1. The van der Waals surface area contributed by atoms with E-state index in [0.29, 0.717) is 18.1 Å². The average Bonchev–Trinajstić information content (AvgIpc) is 2.59. The van der Waals surface area contributed by atoms with Gasteiger partial charge in [-0.25, -0.2) is 0 Å². The van der Waals surface area contributed by atoms with Crippen LogP contribution >= 0.6 is 23.5 Å². The summed E-state index contributed by atoms with van der Waals surface area (Å²) in [6.45, 7) is 3.87. The second-order valence-corrected chi connectivity index (χ2v) is 7.52. The Hall–Kier alpha value is 0.0700. The van der Waals surface area contributed by atoms with Crippen LogP contribution in [0.2, 0.25) is 0 Å². The summed E-state index contributed by atoms with van der Waals surface area (Å²) in [7, 11) is 0. The summed E-state index contributed by atoms with van der Waals surface area (Å²) in [5.41, 5.74) is 0. The van der Waals surface area contributed by atoms with Crippen molar-refractivity contribution in [2.75, 3.05) is 18.1 Å². The van der Waals surface area contributed by atoms with Crippen molar-refractivity contribution in [1.82, 2.24) is 0 Å². The topological polar surface area (TPSA) is 37.3 Å². The van der Waals surface area contributed by atoms with Crippen LogP contribution in [0.3, 0.4) is 0 Å². The molecule has 1 saturated carbocycles. The highest BCUT2D eigenvalue weighted by atomic mass is 32.2. The lowest BCUT2D eigenvalue weighted by Crippen LogP contribution is -2.29. The van der Waals surface area contributed by atoms with Crippen molar-refractivity contribution >= 4 is 29.3 Å². The SMILES string of the molecule is C=C[C@@H](CO)[C@H]1CC(=O)C2(C1)SCCCS2. The summed E-state index contributed by atoms with van der Waals surface area (Å²) in [6.07, 6.45) is 4.55. The Morgan fingerprint density at radius 2 is 2.25 bits per heavy atom. The van der Waals surface area contributed by atoms with Gasteiger partial charge in [0.25, 0.3) is 0 Å². The molecule has 4 heteroatoms. The third-order valence-electron chi connectivity index (χ3n) is 3.48. The minimum absolute atomic E-state index is 0.0893. The zero-order chi connectivity index (χ0) is 11.6. The molecule has 0 aromatic rings. The largest absolute Gasteiger partial charge is 0.396 e. The van der Waals surface area contributed by atoms with E-state index in [1.165, 1.54) is 6.42 Å². The van der Waals surface area contributed by atoms with E-state index in [0.717, 1.165) is 17.9 Å². The fourth-order valence-corrected chi connectivity index (χ4v) is 5.90. The van der Waals surface area contributed by atoms with E-state index in [9.17, 15) is 9.90 Å². The van der Waals surface area contributed by atoms with Crippen LogP contribution in [0.25, 0.3) is 0 Å². The molecule has 90 valence electrons. The van der Waals surface area contributed by atoms with Gasteiger partial charge in [0, 0.05) is 18.9 Å². The van der Waals surface area contributed by atoms with Crippen LogP contribution in [0.15, 0.2) is 12.7 Å². The number of carbonyl (C=O) groups is 1. The van der Waals surface area contributed by atoms with Gasteiger partial charge in [-0.05, 0) is 30.3 Å². The monoisotopic (exact) mass is 258 g/mol. The average molecular weight is 258 g/mol. The van der Waals surface area contributed by atoms with Crippen LogP contribution < -0.4 is 0 Å². The highest BCUT2D eigenvalue weighted by Crippen LogP contribution is 2.53. The lowest BCUT2D eigenvalue weighted by atomic mass is 9.92. The second-order valence-electron chi connectivity index (χ2n) is 4.48. The van der Waals surface area contributed by atoms with E-state index in [2.05, 4.69) is 6.58 Å². The first-order valence-corrected chi connectivity index (χ1v) is 7.73. The maximum atomic E-state index is 12.1. The van der Waals surface area contributed by atoms with Gasteiger partial charge in [-0.2, -0.15) is 0 Å². The number of hydrogen-bond acceptors (Lipinski definition) is 4. The molecule has 2 nitrogen and oxygen atoms in total. The summed E-state index contributed by atoms with van der Waals surface area (Å²) in [5, 5.41) is 9.26. The maximum Gasteiger partial charge on any atom is 0.159 e. The lowest BCUT2D eigenvalue weighted by Gasteiger charge is -2.31. The minimum Gasteiger partial charge on any atom is -0.396 e. The summed E-state index contributed by atoms with van der Waals surface area (Å²) >= 11 is 3.64. The molecule has 0 unspecified atom stereocenters. The van der Waals surface area contributed by atoms with Crippen LogP contribution in [0.4, 0.5) is 0 Å². The first kappa shape index (κ1) is 12.5. The van der Waals surface area contributed by atoms with E-state index < -0.39 is 0 Å². The van der Waals surface area contributed by atoms with Gasteiger partial charge in [-0.15, -0.1) is 30.1 Å². The van der Waals surface area contributed by atoms with E-state index >= 15 is 0 Å². The molecule has 0 radical (unpaired) electrons. The van der Waals surface area contributed by atoms with Gasteiger partial charge in [0.05, 0.1) is 0 Å². The van der Waals surface area contributed by atoms with Gasteiger partial charge in [-0.1, -0.05) is 6.08 Å². The summed E-state index contributed by atoms with van der Waals surface area (Å²) in [5.74, 6) is 2.97. The Morgan fingerprint density at radius 1 is 1.56 bits per heavy atom. The molecule has 16 heavy (non-hydrogen) atoms. The van der Waals surface area contributed by atoms with Crippen LogP contribution in [0.1, 0.15) is 19.3 Å². The first-order valence-electron chi connectivity index (χ1n) is 5.76. The zero-order valence-electron chi connectivity index (χ0n) is 9.35. The summed E-state index contributed by atoms with van der Waals surface area (Å²) in [6, 6.07) is 0. The number of thioether (sulfide) groups is 2. The van der Waals surface area contributed by atoms with Crippen molar-refractivity contribution in [3.63, 3.8) is 0 Å². The molecule has 1 aliphatic heterocycles. The Bertz CT molecular complexity index is 285. The smallest absolute Gasteiger partial charge is 0.159 e. The molecule has 0 aromatic heterocycles. The third-order valence-corrected chi connectivity index (χ3v) is 6.90. The van der Waals surface area contributed by atoms with Gasteiger partial charge < -0.3 is 5.11 Å². The van der Waals surface area contributed by atoms with Crippen molar-refractivity contribution in [2.45, 2.75) is 23.3 Å². The van der Waals surface area contributed by atoms with Crippen molar-refractivity contribution in [2.24, 2.45) is 11.8 Å². The van der Waals surface area contributed by atoms with Crippen molar-refractivity contribution in [3.05, 3.63) is 12.7 Å². The van der Waals surface area contributed by atoms with Gasteiger partial charge >= 0.3 is 0 Å². The quantitative estimate of drug-likeness (QED) is 0.788. The molecule has 2 rings (SSSR count). The minimum atomic E-state index is -0.181. The molecule has 2 atom stereocenters. The van der Waals surface area contributed by atoms with Gasteiger partial charge in [-0.3, -0.25) is 4.79 Å². The number of ketones is 1. The van der Waals surface area contributed by atoms with E-state index in [4.69, 9.17) is 0 Å². The number of rotatable bonds is 3. The molecule has 1 spiro atoms. The van der Waals surface area contributed by atoms with Crippen LogP contribution in [0, 0.1) is 11.8 Å². The number of aliphatic hydroxyl groups excluding tert-OH is 1. The van der Waals surface area contributed by atoms with Crippen molar-refractivity contribution in [3.8, 4) is 0 Å². The molecule has 0 amide bonds. The summed E-state index contributed by atoms with van der Waals surface area (Å²) in [4.78, 5) is 12.1. The Balaban J connectivity index is 2.08. The second kappa shape index (κ2) is 5.15. The molecular weight excluding hydrogens is 240 g/mol. The van der Waals surface area contributed by atoms with Crippen LogP contribution in [-0.4, -0.2) is 33.1 Å². The molecule has 2 fully saturated rings. The number of carbonyl (C=O) groups excluding carboxylic acids is 1. The Morgan fingerprint density at radius 3 is 2.81 bits per heavy atom. The highest BCUT2D eigenvalue weighted by molar-refractivity contribution is 8.19. The van der Waals surface area contributed by atoms with E-state index in [1.54, 1.807) is 6.08 Å². The van der Waals surface area contributed by atoms with Crippen LogP contribution in [-0.2, 0) is 4.79 Å². The molecule has 0 aromatic carbocycles. The third kappa shape index (κ3) is 2.20. The fraction of sp³-hybridized carbons (Fsp3) is 0.750. The molecule has 1 heterocycles. The van der Waals surface area contributed by atoms with E-state index in [1.807, 2.05) is 23.5 Å². The molecule has 1 N–H and O–H groups in total. The fourth-order valence-electron chi connectivity index (χ4n) is 2.50. The van der Waals surface area contributed by atoms with Crippen molar-refractivity contribution in [1.29, 1.82) is 0 Å². The Labute approximate surface area is 105 Å². The number of aliphatic hydroxyl groups is 1. The predicted octanol–water partition coefficient (Wildman–Crippen LogP) is 2.33. The Kier molecular flexibility index (Phi) is 4.03. The predicted molar refractivity (Wildman–Crippen MR) is 70.8 cm³/mol. The maximum absolute atomic E-state index is 12.1. The highest BCUT2D eigenvalue weighted by Gasteiger charge is 2.49. The van der Waals surface area contributed by atoms with E-state index in [-0.39, 0.29) is 16.6 Å². The standard InChI is InChI=1S/C12H18O2S2/c1-2-9(8-13)10-6-11(14)12(7-10)15-4-3-5-16-12/h2,9-10,13H,1,3-8H2/t9-,10-/m0/s1.